The molecule has 0 radical (unpaired) electrons. The number of benzene rings is 2. The number of carbonyl (C=O) groups excluding carboxylic acids is 2. The van der Waals surface area contributed by atoms with Crippen LogP contribution in [0.2, 0.25) is 0 Å². The minimum atomic E-state index is -0.295. The van der Waals surface area contributed by atoms with Crippen LogP contribution < -0.4 is 20.1 Å². The lowest BCUT2D eigenvalue weighted by molar-refractivity contribution is -0.120. The fraction of sp³-hybridized carbons (Fsp3) is 0.250. The monoisotopic (exact) mass is 434 g/mol. The third-order valence-corrected chi connectivity index (χ3v) is 5.43. The van der Waals surface area contributed by atoms with Gasteiger partial charge in [-0.3, -0.25) is 9.59 Å². The van der Waals surface area contributed by atoms with Crippen molar-refractivity contribution in [1.29, 1.82) is 0 Å². The molecule has 32 heavy (non-hydrogen) atoms. The van der Waals surface area contributed by atoms with Gasteiger partial charge in [0.15, 0.2) is 0 Å². The van der Waals surface area contributed by atoms with Crippen molar-refractivity contribution in [2.75, 3.05) is 27.3 Å². The molecule has 2 aromatic heterocycles. The third-order valence-electron chi connectivity index (χ3n) is 5.43. The molecule has 0 aliphatic carbocycles. The summed E-state index contributed by atoms with van der Waals surface area (Å²) in [5, 5.41) is 7.61. The third kappa shape index (κ3) is 4.39. The molecule has 166 valence electrons. The minimum Gasteiger partial charge on any atom is -0.496 e. The lowest BCUT2D eigenvalue weighted by Crippen LogP contribution is -2.31. The maximum Gasteiger partial charge on any atom is 0.267 e. The number of aromatic amines is 2. The van der Waals surface area contributed by atoms with Crippen molar-refractivity contribution in [3.63, 3.8) is 0 Å². The molecule has 2 amide bonds. The van der Waals surface area contributed by atoms with E-state index >= 15 is 0 Å². The number of rotatable bonds is 9. The average molecular weight is 434 g/mol. The Labute approximate surface area is 185 Å². The van der Waals surface area contributed by atoms with Gasteiger partial charge in [-0.1, -0.05) is 18.2 Å². The number of para-hydroxylation sites is 1. The molecule has 0 aliphatic rings. The van der Waals surface area contributed by atoms with E-state index in [1.54, 1.807) is 32.4 Å². The van der Waals surface area contributed by atoms with Crippen molar-refractivity contribution in [3.8, 4) is 11.5 Å². The summed E-state index contributed by atoms with van der Waals surface area (Å²) in [5.41, 5.74) is 3.32. The summed E-state index contributed by atoms with van der Waals surface area (Å²) in [5.74, 6) is 0.863. The number of aromatic nitrogens is 2. The van der Waals surface area contributed by atoms with E-state index in [1.165, 1.54) is 10.9 Å². The van der Waals surface area contributed by atoms with E-state index in [0.29, 0.717) is 29.3 Å². The summed E-state index contributed by atoms with van der Waals surface area (Å²) in [4.78, 5) is 31.0. The van der Waals surface area contributed by atoms with Gasteiger partial charge in [0.05, 0.1) is 19.7 Å². The molecule has 4 aromatic rings. The lowest BCUT2D eigenvalue weighted by Gasteiger charge is -2.06. The lowest BCUT2D eigenvalue weighted by atomic mass is 10.1. The molecule has 0 unspecified atom stereocenters. The number of hydrogen-bond donors (Lipinski definition) is 4. The molecule has 8 heteroatoms. The second-order valence-corrected chi connectivity index (χ2v) is 7.41. The number of methoxy groups -OCH3 is 2. The fourth-order valence-corrected chi connectivity index (χ4v) is 3.79. The van der Waals surface area contributed by atoms with E-state index in [4.69, 9.17) is 9.47 Å². The summed E-state index contributed by atoms with van der Waals surface area (Å²) in [6.45, 7) is 0.775. The number of ether oxygens (including phenoxy) is 2. The van der Waals surface area contributed by atoms with Gasteiger partial charge < -0.3 is 30.1 Å². The van der Waals surface area contributed by atoms with Crippen LogP contribution in [-0.2, 0) is 11.2 Å². The van der Waals surface area contributed by atoms with Crippen LogP contribution in [0.25, 0.3) is 21.8 Å². The Kier molecular flexibility index (Phi) is 6.30. The van der Waals surface area contributed by atoms with Gasteiger partial charge in [-0.2, -0.15) is 0 Å². The van der Waals surface area contributed by atoms with Crippen molar-refractivity contribution in [2.24, 2.45) is 0 Å². The number of fused-ring (bicyclic) bond motifs is 2. The number of hydrogen-bond acceptors (Lipinski definition) is 4. The molecular weight excluding hydrogens is 408 g/mol. The summed E-state index contributed by atoms with van der Waals surface area (Å²) < 4.78 is 10.7. The molecule has 0 saturated carbocycles. The highest BCUT2D eigenvalue weighted by atomic mass is 16.5. The normalized spacial score (nSPS) is 10.9. The van der Waals surface area contributed by atoms with Crippen LogP contribution in [0.15, 0.2) is 48.7 Å². The standard InChI is InChI=1S/C24H26N4O4/c1-31-20-7-8-21(32-2)23-17(20)13-19(28-23)24(30)26-12-10-22(29)25-11-9-15-14-27-18-6-4-3-5-16(15)18/h3-8,13-14,27-28H,9-12H2,1-2H3,(H,25,29)(H,26,30). The summed E-state index contributed by atoms with van der Waals surface area (Å²) in [6, 6.07) is 13.4. The van der Waals surface area contributed by atoms with Gasteiger partial charge >= 0.3 is 0 Å². The van der Waals surface area contributed by atoms with Crippen LogP contribution in [0, 0.1) is 0 Å². The van der Waals surface area contributed by atoms with Crippen LogP contribution in [-0.4, -0.2) is 49.1 Å². The number of H-pyrrole nitrogens is 2. The van der Waals surface area contributed by atoms with Crippen molar-refractivity contribution in [1.82, 2.24) is 20.6 Å². The molecule has 0 saturated heterocycles. The summed E-state index contributed by atoms with van der Waals surface area (Å²) >= 11 is 0. The average Bonchev–Trinajstić information content (AvgIpc) is 3.43. The maximum absolute atomic E-state index is 12.5. The maximum atomic E-state index is 12.5. The Morgan fingerprint density at radius 3 is 2.53 bits per heavy atom. The highest BCUT2D eigenvalue weighted by Crippen LogP contribution is 2.33. The van der Waals surface area contributed by atoms with Crippen LogP contribution in [0.5, 0.6) is 11.5 Å². The van der Waals surface area contributed by atoms with Gasteiger partial charge in [-0.15, -0.1) is 0 Å². The molecule has 0 spiro atoms. The van der Waals surface area contributed by atoms with Gasteiger partial charge in [-0.05, 0) is 36.2 Å². The molecular formula is C24H26N4O4. The SMILES string of the molecule is COc1ccc(OC)c2[nH]c(C(=O)NCCC(=O)NCCc3c[nH]c4ccccc34)cc12. The zero-order valence-electron chi connectivity index (χ0n) is 18.1. The first-order chi connectivity index (χ1) is 15.6. The highest BCUT2D eigenvalue weighted by molar-refractivity contribution is 6.01. The first-order valence-corrected chi connectivity index (χ1v) is 10.4. The van der Waals surface area contributed by atoms with Gasteiger partial charge in [0, 0.05) is 42.0 Å². The Bertz CT molecular complexity index is 1220. The Morgan fingerprint density at radius 2 is 1.72 bits per heavy atom. The van der Waals surface area contributed by atoms with Crippen molar-refractivity contribution in [2.45, 2.75) is 12.8 Å². The van der Waals surface area contributed by atoms with Crippen LogP contribution in [0.4, 0.5) is 0 Å². The van der Waals surface area contributed by atoms with Crippen LogP contribution in [0.3, 0.4) is 0 Å². The van der Waals surface area contributed by atoms with Crippen LogP contribution >= 0.6 is 0 Å². The Morgan fingerprint density at radius 1 is 0.938 bits per heavy atom. The van der Waals surface area contributed by atoms with E-state index in [9.17, 15) is 9.59 Å². The first kappa shape index (κ1) is 21.3. The van der Waals surface area contributed by atoms with E-state index in [-0.39, 0.29) is 24.8 Å². The molecule has 2 heterocycles. The number of amides is 2. The van der Waals surface area contributed by atoms with E-state index in [2.05, 4.69) is 26.7 Å². The summed E-state index contributed by atoms with van der Waals surface area (Å²) in [7, 11) is 3.14. The van der Waals surface area contributed by atoms with Crippen molar-refractivity contribution < 1.29 is 19.1 Å². The van der Waals surface area contributed by atoms with E-state index in [1.807, 2.05) is 24.4 Å². The molecule has 0 aliphatic heterocycles. The second kappa shape index (κ2) is 9.47. The molecule has 4 N–H and O–H groups in total. The predicted octanol–water partition coefficient (Wildman–Crippen LogP) is 3.15. The second-order valence-electron chi connectivity index (χ2n) is 7.41. The molecule has 0 atom stereocenters. The topological polar surface area (TPSA) is 108 Å². The van der Waals surface area contributed by atoms with Gasteiger partial charge in [0.2, 0.25) is 5.91 Å². The van der Waals surface area contributed by atoms with E-state index in [0.717, 1.165) is 17.3 Å². The number of nitrogens with one attached hydrogen (secondary N) is 4. The van der Waals surface area contributed by atoms with Gasteiger partial charge in [0.1, 0.15) is 17.2 Å². The van der Waals surface area contributed by atoms with Gasteiger partial charge in [0.25, 0.3) is 5.91 Å². The van der Waals surface area contributed by atoms with E-state index < -0.39 is 0 Å². The van der Waals surface area contributed by atoms with Crippen LogP contribution in [0.1, 0.15) is 22.5 Å². The first-order valence-electron chi connectivity index (χ1n) is 10.4. The molecule has 0 bridgehead atoms. The van der Waals surface area contributed by atoms with Crippen molar-refractivity contribution >= 4 is 33.6 Å². The minimum absolute atomic E-state index is 0.106. The smallest absolute Gasteiger partial charge is 0.267 e. The molecule has 4 rings (SSSR count). The number of carbonyl (C=O) groups is 2. The Hall–Kier alpha value is -3.94. The fourth-order valence-electron chi connectivity index (χ4n) is 3.79. The Balaban J connectivity index is 1.27. The largest absolute Gasteiger partial charge is 0.496 e. The zero-order valence-corrected chi connectivity index (χ0v) is 18.1. The van der Waals surface area contributed by atoms with Crippen molar-refractivity contribution in [3.05, 3.63) is 59.9 Å². The molecule has 2 aromatic carbocycles. The quantitative estimate of drug-likeness (QED) is 0.325. The molecule has 0 fully saturated rings. The predicted molar refractivity (Wildman–Crippen MR) is 123 cm³/mol. The zero-order chi connectivity index (χ0) is 22.5. The molecule has 8 nitrogen and oxygen atoms in total. The highest BCUT2D eigenvalue weighted by Gasteiger charge is 2.15. The van der Waals surface area contributed by atoms with Gasteiger partial charge in [-0.25, -0.2) is 0 Å². The summed E-state index contributed by atoms with van der Waals surface area (Å²) in [6.07, 6.45) is 2.91.